The Hall–Kier alpha value is -2.80. The summed E-state index contributed by atoms with van der Waals surface area (Å²) in [4.78, 5) is 25.8. The monoisotopic (exact) mass is 361 g/mol. The molecule has 0 bridgehead atoms. The summed E-state index contributed by atoms with van der Waals surface area (Å²) < 4.78 is 37.6. The van der Waals surface area contributed by atoms with Crippen molar-refractivity contribution in [3.8, 4) is 16.9 Å². The van der Waals surface area contributed by atoms with Crippen LogP contribution in [0.25, 0.3) is 11.1 Å². The van der Waals surface area contributed by atoms with Gasteiger partial charge in [-0.15, -0.1) is 0 Å². The zero-order chi connectivity index (χ0) is 18.7. The second-order valence-corrected chi connectivity index (χ2v) is 5.83. The van der Waals surface area contributed by atoms with Gasteiger partial charge in [-0.05, 0) is 29.8 Å². The Balaban J connectivity index is 2.03. The predicted molar refractivity (Wildman–Crippen MR) is 89.8 cm³/mol. The number of benzene rings is 2. The van der Waals surface area contributed by atoms with Crippen molar-refractivity contribution in [1.29, 1.82) is 0 Å². The van der Waals surface area contributed by atoms with Crippen molar-refractivity contribution in [1.82, 2.24) is 4.90 Å². The first-order valence-corrected chi connectivity index (χ1v) is 8.10. The Morgan fingerprint density at radius 3 is 2.46 bits per heavy atom. The molecule has 0 radical (unpaired) electrons. The highest BCUT2D eigenvalue weighted by Gasteiger charge is 2.23. The minimum absolute atomic E-state index is 0.0975. The van der Waals surface area contributed by atoms with Crippen LogP contribution in [0.4, 0.5) is 8.78 Å². The molecule has 1 heterocycles. The predicted octanol–water partition coefficient (Wildman–Crippen LogP) is 3.03. The molecule has 5 nitrogen and oxygen atoms in total. The fourth-order valence-corrected chi connectivity index (χ4v) is 2.77. The first kappa shape index (κ1) is 18.0. The normalized spacial score (nSPS) is 14.2. The van der Waals surface area contributed by atoms with Gasteiger partial charge in [0.2, 0.25) is 0 Å². The Bertz CT molecular complexity index is 847. The van der Waals surface area contributed by atoms with Gasteiger partial charge < -0.3 is 14.4 Å². The van der Waals surface area contributed by atoms with Gasteiger partial charge in [0.05, 0.1) is 18.8 Å². The third-order valence-electron chi connectivity index (χ3n) is 4.00. The molecule has 2 aromatic carbocycles. The topological polar surface area (TPSA) is 55.8 Å². The van der Waals surface area contributed by atoms with Crippen LogP contribution >= 0.6 is 0 Å². The molecule has 1 aliphatic heterocycles. The van der Waals surface area contributed by atoms with Gasteiger partial charge in [-0.3, -0.25) is 9.59 Å². The number of hydrogen-bond donors (Lipinski definition) is 0. The van der Waals surface area contributed by atoms with Crippen molar-refractivity contribution in [3.05, 3.63) is 53.6 Å². The van der Waals surface area contributed by atoms with E-state index in [1.807, 2.05) is 0 Å². The Kier molecular flexibility index (Phi) is 5.27. The van der Waals surface area contributed by atoms with Crippen molar-refractivity contribution in [3.63, 3.8) is 0 Å². The van der Waals surface area contributed by atoms with Gasteiger partial charge in [0.25, 0.3) is 5.91 Å². The molecule has 0 atom stereocenters. The smallest absolute Gasteiger partial charge is 0.308 e. The summed E-state index contributed by atoms with van der Waals surface area (Å²) in [5.74, 6) is -2.24. The molecule has 1 aliphatic rings. The molecule has 1 fully saturated rings. The van der Waals surface area contributed by atoms with Crippen LogP contribution in [0.3, 0.4) is 0 Å². The van der Waals surface area contributed by atoms with Crippen LogP contribution in [0.5, 0.6) is 5.75 Å². The molecule has 0 aromatic heterocycles. The first-order valence-electron chi connectivity index (χ1n) is 8.10. The highest BCUT2D eigenvalue weighted by molar-refractivity contribution is 5.99. The van der Waals surface area contributed by atoms with Gasteiger partial charge in [-0.1, -0.05) is 6.07 Å². The SMILES string of the molecule is CC(=O)Oc1ccc(-c2ccc(F)cc2F)cc1C(=O)N1CCOCC1. The standard InChI is InChI=1S/C19H17F2NO4/c1-12(23)26-18-5-2-13(15-4-3-14(20)11-17(15)21)10-16(18)19(24)22-6-8-25-9-7-22/h2-5,10-11H,6-9H2,1H3. The number of hydrogen-bond acceptors (Lipinski definition) is 4. The zero-order valence-corrected chi connectivity index (χ0v) is 14.1. The van der Waals surface area contributed by atoms with Crippen molar-refractivity contribution in [2.75, 3.05) is 26.3 Å². The third kappa shape index (κ3) is 3.88. The zero-order valence-electron chi connectivity index (χ0n) is 14.1. The van der Waals surface area contributed by atoms with Crippen LogP contribution in [0.15, 0.2) is 36.4 Å². The number of halogens is 2. The molecule has 0 spiro atoms. The Morgan fingerprint density at radius 2 is 1.81 bits per heavy atom. The minimum Gasteiger partial charge on any atom is -0.426 e. The van der Waals surface area contributed by atoms with Gasteiger partial charge >= 0.3 is 5.97 Å². The molecule has 3 rings (SSSR count). The second-order valence-electron chi connectivity index (χ2n) is 5.83. The molecule has 0 aliphatic carbocycles. The lowest BCUT2D eigenvalue weighted by Crippen LogP contribution is -2.40. The average molecular weight is 361 g/mol. The molecular formula is C19H17F2NO4. The number of esters is 1. The fourth-order valence-electron chi connectivity index (χ4n) is 2.77. The first-order chi connectivity index (χ1) is 12.5. The number of nitrogens with zero attached hydrogens (tertiary/aromatic N) is 1. The quantitative estimate of drug-likeness (QED) is 0.623. The average Bonchev–Trinajstić information content (AvgIpc) is 2.62. The molecule has 0 saturated carbocycles. The van der Waals surface area contributed by atoms with E-state index in [0.29, 0.717) is 31.9 Å². The van der Waals surface area contributed by atoms with Crippen LogP contribution in [-0.4, -0.2) is 43.1 Å². The fraction of sp³-hybridized carbons (Fsp3) is 0.263. The number of morpholine rings is 1. The molecule has 1 saturated heterocycles. The highest BCUT2D eigenvalue weighted by atomic mass is 19.1. The number of rotatable bonds is 3. The number of ether oxygens (including phenoxy) is 2. The van der Waals surface area contributed by atoms with Crippen molar-refractivity contribution < 1.29 is 27.8 Å². The molecular weight excluding hydrogens is 344 g/mol. The number of carbonyl (C=O) groups is 2. The van der Waals surface area contributed by atoms with Crippen LogP contribution in [0, 0.1) is 11.6 Å². The van der Waals surface area contributed by atoms with Crippen LogP contribution in [0.2, 0.25) is 0 Å². The Labute approximate surface area is 149 Å². The van der Waals surface area contributed by atoms with E-state index in [0.717, 1.165) is 12.1 Å². The summed E-state index contributed by atoms with van der Waals surface area (Å²) in [5.41, 5.74) is 0.676. The van der Waals surface area contributed by atoms with Gasteiger partial charge in [-0.25, -0.2) is 8.78 Å². The van der Waals surface area contributed by atoms with E-state index in [2.05, 4.69) is 0 Å². The largest absolute Gasteiger partial charge is 0.426 e. The maximum atomic E-state index is 14.1. The lowest BCUT2D eigenvalue weighted by atomic mass is 10.0. The van der Waals surface area contributed by atoms with Gasteiger partial charge in [0.15, 0.2) is 0 Å². The lowest BCUT2D eigenvalue weighted by molar-refractivity contribution is -0.131. The molecule has 0 N–H and O–H groups in total. The van der Waals surface area contributed by atoms with Crippen molar-refractivity contribution >= 4 is 11.9 Å². The minimum atomic E-state index is -0.741. The van der Waals surface area contributed by atoms with Crippen molar-refractivity contribution in [2.45, 2.75) is 6.92 Å². The lowest BCUT2D eigenvalue weighted by Gasteiger charge is -2.27. The number of amides is 1. The van der Waals surface area contributed by atoms with Gasteiger partial charge in [0, 0.05) is 31.6 Å². The second kappa shape index (κ2) is 7.61. The molecule has 7 heteroatoms. The van der Waals surface area contributed by atoms with E-state index in [1.54, 1.807) is 4.90 Å². The maximum absolute atomic E-state index is 14.1. The summed E-state index contributed by atoms with van der Waals surface area (Å²) in [6, 6.07) is 7.62. The molecule has 26 heavy (non-hydrogen) atoms. The summed E-state index contributed by atoms with van der Waals surface area (Å²) in [7, 11) is 0. The van der Waals surface area contributed by atoms with E-state index < -0.39 is 17.6 Å². The molecule has 136 valence electrons. The molecule has 1 amide bonds. The van der Waals surface area contributed by atoms with E-state index in [9.17, 15) is 18.4 Å². The van der Waals surface area contributed by atoms with E-state index in [4.69, 9.17) is 9.47 Å². The van der Waals surface area contributed by atoms with E-state index in [1.165, 1.54) is 31.2 Å². The summed E-state index contributed by atoms with van der Waals surface area (Å²) in [5, 5.41) is 0. The van der Waals surface area contributed by atoms with Crippen LogP contribution in [0.1, 0.15) is 17.3 Å². The van der Waals surface area contributed by atoms with Crippen LogP contribution in [-0.2, 0) is 9.53 Å². The highest BCUT2D eigenvalue weighted by Crippen LogP contribution is 2.30. The van der Waals surface area contributed by atoms with Crippen LogP contribution < -0.4 is 4.74 Å². The maximum Gasteiger partial charge on any atom is 0.308 e. The third-order valence-corrected chi connectivity index (χ3v) is 4.00. The summed E-state index contributed by atoms with van der Waals surface area (Å²) in [6.07, 6.45) is 0. The molecule has 0 unspecified atom stereocenters. The summed E-state index contributed by atoms with van der Waals surface area (Å²) in [6.45, 7) is 2.89. The number of carbonyl (C=O) groups excluding carboxylic acids is 2. The summed E-state index contributed by atoms with van der Waals surface area (Å²) >= 11 is 0. The molecule has 2 aromatic rings. The van der Waals surface area contributed by atoms with E-state index in [-0.39, 0.29) is 22.8 Å². The van der Waals surface area contributed by atoms with Gasteiger partial charge in [-0.2, -0.15) is 0 Å². The van der Waals surface area contributed by atoms with E-state index >= 15 is 0 Å². The Morgan fingerprint density at radius 1 is 1.08 bits per heavy atom. The van der Waals surface area contributed by atoms with Gasteiger partial charge in [0.1, 0.15) is 17.4 Å². The van der Waals surface area contributed by atoms with Crippen molar-refractivity contribution in [2.24, 2.45) is 0 Å².